The Bertz CT molecular complexity index is 7410. The van der Waals surface area contributed by atoms with Gasteiger partial charge >= 0.3 is 0 Å². The van der Waals surface area contributed by atoms with E-state index >= 15 is 0 Å². The SMILES string of the molecule is c1ccc2c(c1)oc1c2c2c3ccccc3oc2c2c1c1ncccc1c1nccn12.c1ccc2c(c1)oc1c2c2oc3ccccc3c2c2c1c1ncccc1c1nccn12.c1ccc2c(c1)oc1ccc3c4ccc5c(c6ncccc6c6nccn56)c4oc3c12. The lowest BCUT2D eigenvalue weighted by atomic mass is 10.0. The van der Waals surface area contributed by atoms with Gasteiger partial charge in [0.25, 0.3) is 0 Å². The molecule has 0 bridgehead atoms. The molecular weight excluding hydrogens is 1160 g/mol. The van der Waals surface area contributed by atoms with Crippen LogP contribution in [0.15, 0.2) is 264 Å². The van der Waals surface area contributed by atoms with Gasteiger partial charge in [-0.15, -0.1) is 0 Å². The van der Waals surface area contributed by atoms with Crippen LogP contribution < -0.4 is 0 Å². The van der Waals surface area contributed by atoms with Crippen molar-refractivity contribution in [1.29, 1.82) is 0 Å². The van der Waals surface area contributed by atoms with Gasteiger partial charge in [-0.2, -0.15) is 0 Å². The van der Waals surface area contributed by atoms with Crippen LogP contribution in [0.1, 0.15) is 0 Å². The zero-order valence-electron chi connectivity index (χ0n) is 48.5. The van der Waals surface area contributed by atoms with Crippen molar-refractivity contribution in [3.8, 4) is 0 Å². The van der Waals surface area contributed by atoms with Crippen molar-refractivity contribution in [3.05, 3.63) is 238 Å². The first kappa shape index (κ1) is 48.8. The molecule has 432 valence electrons. The van der Waals surface area contributed by atoms with Crippen molar-refractivity contribution < 1.29 is 26.5 Å². The minimum atomic E-state index is 0.794. The summed E-state index contributed by atoms with van der Waals surface area (Å²) in [6, 6.07) is 61.1. The summed E-state index contributed by atoms with van der Waals surface area (Å²) < 4.78 is 45.0. The molecule has 15 aromatic heterocycles. The van der Waals surface area contributed by atoms with E-state index in [4.69, 9.17) is 41.5 Å². The average molecular weight is 1200 g/mol. The molecule has 0 atom stereocenters. The number of para-hydroxylation sites is 5. The summed E-state index contributed by atoms with van der Waals surface area (Å²) in [6.07, 6.45) is 16.9. The highest BCUT2D eigenvalue weighted by atomic mass is 16.4. The molecule has 15 heteroatoms. The molecule has 0 saturated carbocycles. The smallest absolute Gasteiger partial charge is 0.161 e. The Labute approximate surface area is 518 Å². The third kappa shape index (κ3) is 6.35. The lowest BCUT2D eigenvalue weighted by molar-refractivity contribution is 0.663. The molecule has 24 aromatic rings. The number of benzene rings is 9. The molecule has 15 nitrogen and oxygen atoms in total. The minimum Gasteiger partial charge on any atom is -0.456 e. The predicted molar refractivity (Wildman–Crippen MR) is 368 cm³/mol. The molecule has 93 heavy (non-hydrogen) atoms. The van der Waals surface area contributed by atoms with Crippen molar-refractivity contribution in [2.75, 3.05) is 0 Å². The largest absolute Gasteiger partial charge is 0.456 e. The van der Waals surface area contributed by atoms with Gasteiger partial charge in [0.05, 0.1) is 59.9 Å². The zero-order chi connectivity index (χ0) is 60.3. The van der Waals surface area contributed by atoms with Crippen LogP contribution in [0.3, 0.4) is 0 Å². The number of aromatic nitrogens is 9. The Balaban J connectivity index is 0.0000000911. The van der Waals surface area contributed by atoms with Gasteiger partial charge in [-0.05, 0) is 91.0 Å². The highest BCUT2D eigenvalue weighted by Gasteiger charge is 2.28. The van der Waals surface area contributed by atoms with Crippen LogP contribution in [0.2, 0.25) is 0 Å². The topological polar surface area (TPSA) is 169 Å². The number of imidazole rings is 3. The lowest BCUT2D eigenvalue weighted by Gasteiger charge is -2.09. The van der Waals surface area contributed by atoms with Gasteiger partial charge in [-0.1, -0.05) is 91.0 Å². The second-order valence-corrected chi connectivity index (χ2v) is 23.6. The molecule has 0 amide bonds. The maximum absolute atomic E-state index is 6.65. The number of nitrogens with zero attached hydrogens (tertiary/aromatic N) is 9. The Kier molecular flexibility index (Phi) is 9.35. The number of fused-ring (bicyclic) bond motifs is 44. The summed E-state index contributed by atoms with van der Waals surface area (Å²) in [5.41, 5.74) is 18.3. The van der Waals surface area contributed by atoms with Gasteiger partial charge in [0.2, 0.25) is 0 Å². The molecule has 24 rings (SSSR count). The molecule has 0 spiro atoms. The summed E-state index contributed by atoms with van der Waals surface area (Å²) in [4.78, 5) is 28.1. The van der Waals surface area contributed by atoms with Crippen molar-refractivity contribution >= 4 is 214 Å². The Morgan fingerprint density at radius 1 is 0.215 bits per heavy atom. The van der Waals surface area contributed by atoms with E-state index in [-0.39, 0.29) is 0 Å². The van der Waals surface area contributed by atoms with Crippen LogP contribution in [-0.4, -0.2) is 43.1 Å². The van der Waals surface area contributed by atoms with Crippen LogP contribution in [0, 0.1) is 0 Å². The van der Waals surface area contributed by atoms with E-state index in [1.807, 2.05) is 171 Å². The zero-order valence-corrected chi connectivity index (χ0v) is 48.5. The fraction of sp³-hybridized carbons (Fsp3) is 0. The second kappa shape index (κ2) is 17.8. The molecule has 0 aliphatic rings. The van der Waals surface area contributed by atoms with Gasteiger partial charge in [-0.25, -0.2) is 15.0 Å². The summed E-state index contributed by atoms with van der Waals surface area (Å²) in [6.45, 7) is 0. The number of hydrogen-bond acceptors (Lipinski definition) is 12. The molecule has 0 fully saturated rings. The van der Waals surface area contributed by atoms with Gasteiger partial charge in [0.1, 0.15) is 78.3 Å². The van der Waals surface area contributed by atoms with E-state index in [1.54, 1.807) is 0 Å². The highest BCUT2D eigenvalue weighted by molar-refractivity contribution is 6.39. The highest BCUT2D eigenvalue weighted by Crippen LogP contribution is 2.50. The fourth-order valence-corrected chi connectivity index (χ4v) is 15.1. The molecule has 0 aliphatic carbocycles. The predicted octanol–water partition coefficient (Wildman–Crippen LogP) is 20.5. The summed E-state index contributed by atoms with van der Waals surface area (Å²) in [5.74, 6) is 0. The van der Waals surface area contributed by atoms with Gasteiger partial charge in [0, 0.05) is 120 Å². The number of hydrogen-bond donors (Lipinski definition) is 0. The number of rotatable bonds is 0. The molecule has 15 heterocycles. The lowest BCUT2D eigenvalue weighted by Crippen LogP contribution is -1.93. The summed E-state index contributed by atoms with van der Waals surface area (Å²) in [7, 11) is 0. The first-order valence-electron chi connectivity index (χ1n) is 30.5. The van der Waals surface area contributed by atoms with E-state index < -0.39 is 0 Å². The molecule has 0 saturated heterocycles. The minimum absolute atomic E-state index is 0.794. The first-order valence-corrected chi connectivity index (χ1v) is 30.5. The maximum Gasteiger partial charge on any atom is 0.161 e. The third-order valence-electron chi connectivity index (χ3n) is 18.9. The normalized spacial score (nSPS) is 12.5. The molecule has 0 radical (unpaired) electrons. The Morgan fingerprint density at radius 3 is 1.17 bits per heavy atom. The van der Waals surface area contributed by atoms with E-state index in [0.29, 0.717) is 0 Å². The van der Waals surface area contributed by atoms with E-state index in [1.165, 1.54) is 0 Å². The summed E-state index contributed by atoms with van der Waals surface area (Å²) in [5, 5.41) is 18.5. The quantitative estimate of drug-likeness (QED) is 0.132. The van der Waals surface area contributed by atoms with Crippen molar-refractivity contribution in [1.82, 2.24) is 43.1 Å². The van der Waals surface area contributed by atoms with Crippen molar-refractivity contribution in [3.63, 3.8) is 0 Å². The molecule has 0 N–H and O–H groups in total. The standard InChI is InChI=1S/3C26H13N3O2/c1-3-9-17-14(6-1)19-23-21(22-16(8-5-11-27-22)26-28-12-13-29(23)26)25-20(24(19)30-17)15-7-2-4-10-18(15)31-25;1-3-9-17-14(6-1)19-20-15-7-2-4-10-18(15)31-25(20)23-21(24(19)30-17)22-16(8-5-11-27-22)26-28-12-13-29(23)26;1-2-6-19-16(4-1)21-20(30-19)10-8-15-14-7-9-18-22(25(14)31-24(15)21)23-17(5-3-11-27-23)26-28-12-13-29(18)26/h3*1-13H. The number of furan rings is 6. The molecule has 9 aromatic carbocycles. The van der Waals surface area contributed by atoms with Crippen LogP contribution in [0.25, 0.3) is 214 Å². The van der Waals surface area contributed by atoms with Crippen LogP contribution in [0.5, 0.6) is 0 Å². The average Bonchev–Trinajstić information content (AvgIpc) is 1.56. The van der Waals surface area contributed by atoms with E-state index in [2.05, 4.69) is 94.9 Å². The van der Waals surface area contributed by atoms with Gasteiger partial charge in [0.15, 0.2) is 11.2 Å². The van der Waals surface area contributed by atoms with Crippen molar-refractivity contribution in [2.24, 2.45) is 0 Å². The monoisotopic (exact) mass is 1200 g/mol. The Hall–Kier alpha value is -13.1. The summed E-state index contributed by atoms with van der Waals surface area (Å²) >= 11 is 0. The van der Waals surface area contributed by atoms with Gasteiger partial charge < -0.3 is 26.5 Å². The molecule has 0 unspecified atom stereocenters. The van der Waals surface area contributed by atoms with E-state index in [9.17, 15) is 0 Å². The van der Waals surface area contributed by atoms with Crippen LogP contribution in [-0.2, 0) is 0 Å². The van der Waals surface area contributed by atoms with Gasteiger partial charge in [-0.3, -0.25) is 28.2 Å². The fourth-order valence-electron chi connectivity index (χ4n) is 15.1. The second-order valence-electron chi connectivity index (χ2n) is 23.6. The van der Waals surface area contributed by atoms with Crippen LogP contribution in [0.4, 0.5) is 0 Å². The van der Waals surface area contributed by atoms with Crippen LogP contribution >= 0.6 is 0 Å². The first-order chi connectivity index (χ1) is 46.2. The Morgan fingerprint density at radius 2 is 0.602 bits per heavy atom. The van der Waals surface area contributed by atoms with E-state index in [0.717, 1.165) is 214 Å². The number of pyridine rings is 6. The third-order valence-corrected chi connectivity index (χ3v) is 18.9. The molecular formula is C78H39N9O6. The van der Waals surface area contributed by atoms with Crippen molar-refractivity contribution in [2.45, 2.75) is 0 Å². The maximum atomic E-state index is 6.65. The molecule has 0 aliphatic heterocycles.